The summed E-state index contributed by atoms with van der Waals surface area (Å²) in [6.45, 7) is 6.91. The van der Waals surface area contributed by atoms with Crippen LogP contribution in [0.15, 0.2) is 35.5 Å². The molecule has 0 unspecified atom stereocenters. The van der Waals surface area contributed by atoms with E-state index in [9.17, 15) is 38.7 Å². The lowest BCUT2D eigenvalue weighted by atomic mass is 9.87. The van der Waals surface area contributed by atoms with Gasteiger partial charge in [0.1, 0.15) is 23.1 Å². The van der Waals surface area contributed by atoms with Gasteiger partial charge in [0.05, 0.1) is 55.5 Å². The van der Waals surface area contributed by atoms with Crippen LogP contribution in [0.2, 0.25) is 0 Å². The average molecular weight is 1120 g/mol. The van der Waals surface area contributed by atoms with Gasteiger partial charge in [0.2, 0.25) is 17.7 Å². The number of ether oxygens (including phenoxy) is 2. The molecule has 1 aromatic carbocycles. The number of benzene rings is 1. The maximum absolute atomic E-state index is 14.3. The van der Waals surface area contributed by atoms with Crippen molar-refractivity contribution in [2.45, 2.75) is 161 Å². The zero-order chi connectivity index (χ0) is 54.8. The summed E-state index contributed by atoms with van der Waals surface area (Å²) in [6, 6.07) is 4.50. The van der Waals surface area contributed by atoms with Gasteiger partial charge in [-0.2, -0.15) is 0 Å². The first-order valence-electron chi connectivity index (χ1n) is 26.9. The number of nitrogens with zero attached hydrogens (tertiary/aromatic N) is 4. The third kappa shape index (κ3) is 28.0. The second kappa shape index (κ2) is 37.6. The normalized spacial score (nSPS) is 18.5. The van der Waals surface area contributed by atoms with E-state index in [0.717, 1.165) is 5.56 Å². The number of primary amides is 1. The number of phenolic OH excluding ortho intramolecular Hbond substituents is 1. The quantitative estimate of drug-likeness (QED) is 0.0226. The fourth-order valence-corrected chi connectivity index (χ4v) is 9.08. The molecule has 3 rings (SSSR count). The number of guanidine groups is 1. The molecule has 11 N–H and O–H groups in total. The van der Waals surface area contributed by atoms with Gasteiger partial charge >= 0.3 is 0 Å². The standard InChI is InChI=1S/C53H86BrN11O10/c1-3-37(2)51-47(69)22-17-40(11-4-6-25-58-49(71)24-29-75-31-30-74-28-9-12-43(67)33-54)48(70)35-61-44(13-5-7-27-65-36-41(63-64-65)18-23-50(72)62-51)46(68)21-16-39(10-8-26-59-53(56)57)34-60-45(52(55)73)32-38-14-19-42(66)20-15-38/h14-15,19-20,36-37,39-40,44-45,51,60-61,66H,3-13,16-18,21-35H2,1-2H3,(H2,55,73)(H,58,71)(H,62,72)(H4,56,57,59)/t37-,39+,40+,44-,45-,51-/m0/s1. The Kier molecular flexibility index (Phi) is 32.1. The Morgan fingerprint density at radius 1 is 0.907 bits per heavy atom. The molecular weight excluding hydrogens is 1030 g/mol. The van der Waals surface area contributed by atoms with Crippen LogP contribution >= 0.6 is 15.9 Å². The van der Waals surface area contributed by atoms with Crippen molar-refractivity contribution in [3.8, 4) is 5.75 Å². The number of nitrogens with two attached hydrogens (primary N) is 3. The molecule has 22 heteroatoms. The molecule has 3 amide bonds. The van der Waals surface area contributed by atoms with Crippen molar-refractivity contribution in [2.75, 3.05) is 57.9 Å². The number of Topliss-reactive ketones (excluding diaryl/α,β-unsaturated/α-hetero) is 4. The summed E-state index contributed by atoms with van der Waals surface area (Å²) in [7, 11) is 0. The molecule has 6 atom stereocenters. The van der Waals surface area contributed by atoms with Crippen LogP contribution < -0.4 is 38.5 Å². The van der Waals surface area contributed by atoms with Crippen molar-refractivity contribution in [2.24, 2.45) is 39.9 Å². The van der Waals surface area contributed by atoms with Crippen molar-refractivity contribution in [1.82, 2.24) is 36.3 Å². The number of alkyl halides is 1. The maximum Gasteiger partial charge on any atom is 0.234 e. The zero-order valence-electron chi connectivity index (χ0n) is 44.4. The van der Waals surface area contributed by atoms with Gasteiger partial charge in [-0.1, -0.05) is 60.0 Å². The predicted octanol–water partition coefficient (Wildman–Crippen LogP) is 3.28. The minimum absolute atomic E-state index is 0.0173. The number of phenols is 1. The Labute approximate surface area is 451 Å². The largest absolute Gasteiger partial charge is 0.508 e. The van der Waals surface area contributed by atoms with Crippen LogP contribution in [-0.4, -0.2) is 143 Å². The van der Waals surface area contributed by atoms with Crippen LogP contribution in [0.5, 0.6) is 5.75 Å². The fourth-order valence-electron chi connectivity index (χ4n) is 8.80. The number of amides is 3. The van der Waals surface area contributed by atoms with Gasteiger partial charge in [-0.05, 0) is 107 Å². The molecule has 0 radical (unpaired) electrons. The number of aryl methyl sites for hydroxylation is 2. The number of carbonyl (C=O) groups is 7. The highest BCUT2D eigenvalue weighted by atomic mass is 79.9. The molecule has 0 aliphatic carbocycles. The summed E-state index contributed by atoms with van der Waals surface area (Å²) < 4.78 is 12.7. The highest BCUT2D eigenvalue weighted by molar-refractivity contribution is 9.09. The molecule has 1 aliphatic rings. The van der Waals surface area contributed by atoms with E-state index in [1.54, 1.807) is 28.9 Å². The lowest BCUT2D eigenvalue weighted by molar-refractivity contribution is -0.129. The van der Waals surface area contributed by atoms with E-state index < -0.39 is 30.0 Å². The maximum atomic E-state index is 14.3. The van der Waals surface area contributed by atoms with Gasteiger partial charge in [0.25, 0.3) is 0 Å². The number of aromatic nitrogens is 3. The van der Waals surface area contributed by atoms with Gasteiger partial charge in [-0.25, -0.2) is 0 Å². The summed E-state index contributed by atoms with van der Waals surface area (Å²) in [5, 5.41) is 31.1. The second-order valence-electron chi connectivity index (χ2n) is 19.7. The van der Waals surface area contributed by atoms with Gasteiger partial charge < -0.3 is 53.0 Å². The minimum Gasteiger partial charge on any atom is -0.508 e. The van der Waals surface area contributed by atoms with Crippen LogP contribution in [0.4, 0.5) is 0 Å². The molecule has 2 aromatic rings. The third-order valence-electron chi connectivity index (χ3n) is 13.6. The van der Waals surface area contributed by atoms with Crippen LogP contribution in [0.3, 0.4) is 0 Å². The van der Waals surface area contributed by atoms with Crippen molar-refractivity contribution in [1.29, 1.82) is 0 Å². The molecule has 1 aromatic heterocycles. The van der Waals surface area contributed by atoms with E-state index in [-0.39, 0.29) is 104 Å². The molecule has 0 saturated heterocycles. The minimum atomic E-state index is -0.723. The molecule has 2 bridgehead atoms. The fraction of sp³-hybridized carbons (Fsp3) is 0.698. The second-order valence-corrected chi connectivity index (χ2v) is 20.2. The Morgan fingerprint density at radius 2 is 1.67 bits per heavy atom. The Hall–Kier alpha value is -5.16. The van der Waals surface area contributed by atoms with E-state index in [2.05, 4.69) is 52.5 Å². The van der Waals surface area contributed by atoms with Crippen LogP contribution in [0.25, 0.3) is 0 Å². The molecule has 0 fully saturated rings. The highest BCUT2D eigenvalue weighted by Gasteiger charge is 2.29. The summed E-state index contributed by atoms with van der Waals surface area (Å²) in [6.07, 6.45) is 10.3. The number of halogens is 1. The SMILES string of the molecule is CC[C@H](C)[C@@H]1NC(=O)CCc2cn(nn2)CCCC[C@@H](C(=O)CC[C@@H](CCCN=C(N)N)CN[C@@H](Cc2ccc(O)cc2)C(N)=O)NCC(=O)[C@H](CCCCNC(=O)CCOCCOCCCC(=O)CBr)CCC1=O. The van der Waals surface area contributed by atoms with E-state index in [0.29, 0.717) is 147 Å². The number of hydrogen-bond acceptors (Lipinski definition) is 15. The smallest absolute Gasteiger partial charge is 0.234 e. The molecule has 0 spiro atoms. The molecular formula is C53H86BrN11O10. The summed E-state index contributed by atoms with van der Waals surface area (Å²) in [4.78, 5) is 96.3. The van der Waals surface area contributed by atoms with Crippen LogP contribution in [0, 0.1) is 17.8 Å². The van der Waals surface area contributed by atoms with Gasteiger partial charge in [0.15, 0.2) is 11.7 Å². The number of fused-ring (bicyclic) bond motifs is 2. The molecule has 420 valence electrons. The monoisotopic (exact) mass is 1120 g/mol. The predicted molar refractivity (Wildman–Crippen MR) is 290 cm³/mol. The van der Waals surface area contributed by atoms with Gasteiger partial charge in [-0.15, -0.1) is 5.10 Å². The topological polar surface area (TPSA) is 327 Å². The van der Waals surface area contributed by atoms with E-state index in [4.69, 9.17) is 26.7 Å². The van der Waals surface area contributed by atoms with E-state index >= 15 is 0 Å². The van der Waals surface area contributed by atoms with Crippen molar-refractivity contribution >= 4 is 62.7 Å². The number of unbranched alkanes of at least 4 members (excludes halogenated alkanes) is 1. The molecule has 2 heterocycles. The first-order chi connectivity index (χ1) is 36.1. The summed E-state index contributed by atoms with van der Waals surface area (Å²) >= 11 is 3.14. The van der Waals surface area contributed by atoms with Crippen LogP contribution in [-0.2, 0) is 62.4 Å². The molecule has 1 aliphatic heterocycles. The van der Waals surface area contributed by atoms with E-state index in [1.165, 1.54) is 0 Å². The number of ketones is 4. The number of aliphatic imine (C=N–C) groups is 1. The Morgan fingerprint density at radius 3 is 2.39 bits per heavy atom. The number of aromatic hydroxyl groups is 1. The zero-order valence-corrected chi connectivity index (χ0v) is 46.0. The lowest BCUT2D eigenvalue weighted by Gasteiger charge is -2.25. The summed E-state index contributed by atoms with van der Waals surface area (Å²) in [5.74, 6) is -1.77. The molecule has 21 nitrogen and oxygen atoms in total. The first kappa shape index (κ1) is 64.1. The van der Waals surface area contributed by atoms with Gasteiger partial charge in [0, 0.05) is 76.9 Å². The summed E-state index contributed by atoms with van der Waals surface area (Å²) in [5.41, 5.74) is 18.5. The van der Waals surface area contributed by atoms with Crippen molar-refractivity contribution in [3.05, 3.63) is 41.7 Å². The Bertz CT molecular complexity index is 2070. The van der Waals surface area contributed by atoms with Crippen LogP contribution in [0.1, 0.15) is 134 Å². The number of rotatable bonds is 32. The first-order valence-corrected chi connectivity index (χ1v) is 28.1. The Balaban J connectivity index is 1.71. The lowest BCUT2D eigenvalue weighted by Crippen LogP contribution is -2.45. The van der Waals surface area contributed by atoms with Crippen molar-refractivity contribution in [3.63, 3.8) is 0 Å². The number of carbonyl (C=O) groups excluding carboxylic acids is 7. The molecule has 0 saturated carbocycles. The number of hydrogen-bond donors (Lipinski definition) is 8. The molecule has 75 heavy (non-hydrogen) atoms. The van der Waals surface area contributed by atoms with E-state index in [1.807, 2.05) is 20.0 Å². The third-order valence-corrected chi connectivity index (χ3v) is 14.2. The highest BCUT2D eigenvalue weighted by Crippen LogP contribution is 2.22. The number of nitrogens with one attached hydrogen (secondary N) is 4. The van der Waals surface area contributed by atoms with Crippen molar-refractivity contribution < 1.29 is 48.1 Å². The van der Waals surface area contributed by atoms with Gasteiger partial charge in [-0.3, -0.25) is 43.2 Å². The average Bonchev–Trinajstić information content (AvgIpc) is 3.85.